The molecule has 0 fully saturated rings. The molecule has 2 rings (SSSR count). The van der Waals surface area contributed by atoms with E-state index in [2.05, 4.69) is 19.0 Å². The molecule has 0 bridgehead atoms. The van der Waals surface area contributed by atoms with E-state index in [9.17, 15) is 0 Å². The van der Waals surface area contributed by atoms with Crippen molar-refractivity contribution in [3.8, 4) is 11.3 Å². The van der Waals surface area contributed by atoms with Crippen LogP contribution in [0.25, 0.3) is 11.3 Å². The molecular weight excluding hydrogens is 228 g/mol. The minimum absolute atomic E-state index is 0.483. The van der Waals surface area contributed by atoms with Crippen LogP contribution in [-0.2, 0) is 6.42 Å². The summed E-state index contributed by atoms with van der Waals surface area (Å²) in [5, 5.41) is 3.90. The summed E-state index contributed by atoms with van der Waals surface area (Å²) < 4.78 is 11.1. The highest BCUT2D eigenvalue weighted by Gasteiger charge is 2.23. The van der Waals surface area contributed by atoms with Crippen molar-refractivity contribution in [3.05, 3.63) is 22.6 Å². The fourth-order valence-corrected chi connectivity index (χ4v) is 2.25. The third kappa shape index (κ3) is 2.03. The molecule has 98 valence electrons. The molecule has 4 nitrogen and oxygen atoms in total. The molecule has 0 aliphatic heterocycles. The van der Waals surface area contributed by atoms with Crippen molar-refractivity contribution < 1.29 is 8.94 Å². The van der Waals surface area contributed by atoms with Crippen molar-refractivity contribution in [2.45, 2.75) is 41.0 Å². The largest absolute Gasteiger partial charge is 0.466 e. The zero-order valence-corrected chi connectivity index (χ0v) is 11.6. The maximum absolute atomic E-state index is 5.90. The summed E-state index contributed by atoms with van der Waals surface area (Å²) >= 11 is 0. The maximum atomic E-state index is 5.90. The summed E-state index contributed by atoms with van der Waals surface area (Å²) in [6.07, 6.45) is 0.855. The molecule has 0 aromatic carbocycles. The van der Waals surface area contributed by atoms with Gasteiger partial charge < -0.3 is 14.7 Å². The van der Waals surface area contributed by atoms with Crippen molar-refractivity contribution in [1.29, 1.82) is 0 Å². The Bertz CT molecular complexity index is 565. The normalized spacial score (nSPS) is 11.4. The van der Waals surface area contributed by atoms with Gasteiger partial charge in [-0.2, -0.15) is 0 Å². The number of aromatic nitrogens is 1. The van der Waals surface area contributed by atoms with Gasteiger partial charge >= 0.3 is 0 Å². The molecular formula is C14H20N2O2. The summed E-state index contributed by atoms with van der Waals surface area (Å²) in [5.41, 5.74) is 8.97. The lowest BCUT2D eigenvalue weighted by atomic mass is 9.98. The molecule has 0 amide bonds. The van der Waals surface area contributed by atoms with E-state index >= 15 is 0 Å². The monoisotopic (exact) mass is 248 g/mol. The Balaban J connectivity index is 2.57. The van der Waals surface area contributed by atoms with Crippen molar-refractivity contribution in [1.82, 2.24) is 5.16 Å². The molecule has 0 saturated heterocycles. The topological polar surface area (TPSA) is 65.2 Å². The van der Waals surface area contributed by atoms with E-state index in [1.165, 1.54) is 0 Å². The van der Waals surface area contributed by atoms with Gasteiger partial charge in [0, 0.05) is 11.1 Å². The van der Waals surface area contributed by atoms with Gasteiger partial charge in [0.1, 0.15) is 11.5 Å². The third-order valence-electron chi connectivity index (χ3n) is 3.22. The fourth-order valence-electron chi connectivity index (χ4n) is 2.25. The van der Waals surface area contributed by atoms with Crippen LogP contribution in [0.3, 0.4) is 0 Å². The molecule has 0 spiro atoms. The molecule has 2 heterocycles. The highest BCUT2D eigenvalue weighted by atomic mass is 16.5. The molecule has 0 atom stereocenters. The Hall–Kier alpha value is -1.71. The molecule has 2 aromatic rings. The molecule has 0 radical (unpaired) electrons. The Morgan fingerprint density at radius 3 is 2.33 bits per heavy atom. The lowest BCUT2D eigenvalue weighted by molar-refractivity contribution is 0.432. The number of rotatable bonds is 3. The fraction of sp³-hybridized carbons (Fsp3) is 0.500. The average Bonchev–Trinajstić information content (AvgIpc) is 2.71. The van der Waals surface area contributed by atoms with Gasteiger partial charge in [-0.1, -0.05) is 19.0 Å². The lowest BCUT2D eigenvalue weighted by Gasteiger charge is -2.05. The molecule has 0 unspecified atom stereocenters. The Morgan fingerprint density at radius 1 is 1.17 bits per heavy atom. The highest BCUT2D eigenvalue weighted by Crippen LogP contribution is 2.36. The second kappa shape index (κ2) is 4.52. The summed E-state index contributed by atoms with van der Waals surface area (Å²) in [4.78, 5) is 0. The Labute approximate surface area is 107 Å². The number of anilines is 1. The van der Waals surface area contributed by atoms with Crippen LogP contribution in [0.4, 0.5) is 5.82 Å². The third-order valence-corrected chi connectivity index (χ3v) is 3.22. The number of hydrogen-bond acceptors (Lipinski definition) is 4. The van der Waals surface area contributed by atoms with Gasteiger partial charge in [0.15, 0.2) is 11.6 Å². The lowest BCUT2D eigenvalue weighted by Crippen LogP contribution is -1.99. The van der Waals surface area contributed by atoms with Crippen LogP contribution < -0.4 is 5.73 Å². The quantitative estimate of drug-likeness (QED) is 0.900. The minimum atomic E-state index is 0.483. The molecule has 2 aromatic heterocycles. The first-order valence-electron chi connectivity index (χ1n) is 6.22. The summed E-state index contributed by atoms with van der Waals surface area (Å²) in [6, 6.07) is 0. The zero-order valence-electron chi connectivity index (χ0n) is 11.6. The van der Waals surface area contributed by atoms with Gasteiger partial charge in [-0.25, -0.2) is 0 Å². The second-order valence-electron chi connectivity index (χ2n) is 5.19. The number of nitrogens with zero attached hydrogens (tertiary/aromatic N) is 1. The van der Waals surface area contributed by atoms with E-state index in [0.29, 0.717) is 11.7 Å². The molecule has 0 aliphatic rings. The molecule has 0 saturated carbocycles. The highest BCUT2D eigenvalue weighted by molar-refractivity contribution is 5.71. The molecule has 4 heteroatoms. The van der Waals surface area contributed by atoms with E-state index in [4.69, 9.17) is 14.7 Å². The predicted molar refractivity (Wildman–Crippen MR) is 71.4 cm³/mol. The summed E-state index contributed by atoms with van der Waals surface area (Å²) in [6.45, 7) is 10.2. The van der Waals surface area contributed by atoms with Crippen LogP contribution in [-0.4, -0.2) is 5.16 Å². The van der Waals surface area contributed by atoms with Crippen LogP contribution in [0.2, 0.25) is 0 Å². The Kier molecular flexibility index (Phi) is 3.20. The average molecular weight is 248 g/mol. The number of aryl methyl sites for hydroxylation is 2. The van der Waals surface area contributed by atoms with E-state index in [-0.39, 0.29) is 0 Å². The summed E-state index contributed by atoms with van der Waals surface area (Å²) in [7, 11) is 0. The van der Waals surface area contributed by atoms with Crippen LogP contribution in [0, 0.1) is 26.7 Å². The molecule has 18 heavy (non-hydrogen) atoms. The zero-order chi connectivity index (χ0) is 13.4. The standard InChI is InChI=1S/C14H20N2O2/c1-7(2)6-11-13(18-16-14(11)15)12-8(3)9(4)17-10(12)5/h7H,6H2,1-5H3,(H2,15,16). The number of nitrogens with two attached hydrogens (primary N) is 1. The van der Waals surface area contributed by atoms with E-state index < -0.39 is 0 Å². The van der Waals surface area contributed by atoms with Crippen molar-refractivity contribution in [2.75, 3.05) is 5.73 Å². The van der Waals surface area contributed by atoms with Gasteiger partial charge in [0.2, 0.25) is 0 Å². The van der Waals surface area contributed by atoms with E-state index in [1.807, 2.05) is 20.8 Å². The van der Waals surface area contributed by atoms with E-state index in [1.54, 1.807) is 0 Å². The van der Waals surface area contributed by atoms with Gasteiger partial charge in [0.05, 0.1) is 5.56 Å². The predicted octanol–water partition coefficient (Wildman–Crippen LogP) is 3.64. The summed E-state index contributed by atoms with van der Waals surface area (Å²) in [5.74, 6) is 3.50. The maximum Gasteiger partial charge on any atom is 0.176 e. The van der Waals surface area contributed by atoms with Gasteiger partial charge in [-0.05, 0) is 33.1 Å². The molecule has 0 aliphatic carbocycles. The number of furan rings is 1. The van der Waals surface area contributed by atoms with Crippen molar-refractivity contribution >= 4 is 5.82 Å². The van der Waals surface area contributed by atoms with Crippen molar-refractivity contribution in [3.63, 3.8) is 0 Å². The second-order valence-corrected chi connectivity index (χ2v) is 5.19. The first-order valence-corrected chi connectivity index (χ1v) is 6.22. The number of hydrogen-bond donors (Lipinski definition) is 1. The van der Waals surface area contributed by atoms with Crippen LogP contribution in [0.15, 0.2) is 8.94 Å². The van der Waals surface area contributed by atoms with Crippen LogP contribution in [0.1, 0.15) is 36.5 Å². The van der Waals surface area contributed by atoms with Crippen molar-refractivity contribution in [2.24, 2.45) is 5.92 Å². The van der Waals surface area contributed by atoms with Crippen LogP contribution in [0.5, 0.6) is 0 Å². The van der Waals surface area contributed by atoms with Gasteiger partial charge in [-0.15, -0.1) is 0 Å². The van der Waals surface area contributed by atoms with E-state index in [0.717, 1.165) is 40.4 Å². The minimum Gasteiger partial charge on any atom is -0.466 e. The first-order chi connectivity index (χ1) is 8.41. The van der Waals surface area contributed by atoms with Crippen LogP contribution >= 0.6 is 0 Å². The number of nitrogen functional groups attached to an aromatic ring is 1. The Morgan fingerprint density at radius 2 is 1.83 bits per heavy atom. The first kappa shape index (κ1) is 12.7. The smallest absolute Gasteiger partial charge is 0.176 e. The SMILES string of the molecule is Cc1oc(C)c(-c2onc(N)c2CC(C)C)c1C. The van der Waals surface area contributed by atoms with Gasteiger partial charge in [0.25, 0.3) is 0 Å². The molecule has 2 N–H and O–H groups in total. The van der Waals surface area contributed by atoms with Gasteiger partial charge in [-0.3, -0.25) is 0 Å².